The van der Waals surface area contributed by atoms with Gasteiger partial charge in [-0.1, -0.05) is 26.0 Å². The largest absolute Gasteiger partial charge is 0.342 e. The maximum atomic E-state index is 13.6. The highest BCUT2D eigenvalue weighted by Crippen LogP contribution is 2.45. The van der Waals surface area contributed by atoms with E-state index in [0.717, 1.165) is 32.1 Å². The number of carbonyl (C=O) groups is 3. The summed E-state index contributed by atoms with van der Waals surface area (Å²) in [5.74, 6) is 1.92. The van der Waals surface area contributed by atoms with Crippen LogP contribution in [-0.4, -0.2) is 78.4 Å². The number of likely N-dealkylation sites (N-methyl/N-ethyl adjacent to an activating group) is 1. The average Bonchev–Trinajstić information content (AvgIpc) is 3.45. The molecule has 2 heterocycles. The van der Waals surface area contributed by atoms with Gasteiger partial charge in [0, 0.05) is 32.1 Å². The Bertz CT molecular complexity index is 771. The van der Waals surface area contributed by atoms with Gasteiger partial charge in [0.05, 0.1) is 0 Å². The second kappa shape index (κ2) is 9.16. The number of allylic oxidation sites excluding steroid dienone is 2. The fraction of sp³-hybridized carbons (Fsp3) is 0.800. The summed E-state index contributed by atoms with van der Waals surface area (Å²) >= 11 is 0. The van der Waals surface area contributed by atoms with Crippen LogP contribution in [0.15, 0.2) is 12.2 Å². The first-order valence-electron chi connectivity index (χ1n) is 12.5. The van der Waals surface area contributed by atoms with Crippen LogP contribution in [-0.2, 0) is 9.59 Å². The fourth-order valence-corrected chi connectivity index (χ4v) is 6.21. The van der Waals surface area contributed by atoms with Gasteiger partial charge in [0.1, 0.15) is 5.54 Å². The van der Waals surface area contributed by atoms with Gasteiger partial charge < -0.3 is 15.1 Å². The fourth-order valence-electron chi connectivity index (χ4n) is 6.21. The summed E-state index contributed by atoms with van der Waals surface area (Å²) in [6, 6.07) is -0.257. The summed E-state index contributed by atoms with van der Waals surface area (Å²) in [5, 5.41) is 3.14. The van der Waals surface area contributed by atoms with Crippen molar-refractivity contribution >= 4 is 17.8 Å². The summed E-state index contributed by atoms with van der Waals surface area (Å²) in [7, 11) is 3.90. The van der Waals surface area contributed by atoms with Crippen LogP contribution in [0.2, 0.25) is 0 Å². The molecule has 4 aliphatic rings. The average molecular weight is 445 g/mol. The first kappa shape index (κ1) is 23.3. The van der Waals surface area contributed by atoms with E-state index in [1.807, 2.05) is 23.9 Å². The van der Waals surface area contributed by atoms with Crippen molar-refractivity contribution in [2.45, 2.75) is 57.9 Å². The molecule has 4 rings (SSSR count). The molecule has 32 heavy (non-hydrogen) atoms. The number of rotatable bonds is 8. The Morgan fingerprint density at radius 2 is 1.91 bits per heavy atom. The number of nitrogens with one attached hydrogen (secondary N) is 1. The molecule has 3 fully saturated rings. The van der Waals surface area contributed by atoms with E-state index in [0.29, 0.717) is 56.3 Å². The summed E-state index contributed by atoms with van der Waals surface area (Å²) < 4.78 is 0. The number of urea groups is 1. The van der Waals surface area contributed by atoms with Crippen molar-refractivity contribution in [1.82, 2.24) is 20.0 Å². The molecular weight excluding hydrogens is 404 g/mol. The number of nitrogens with zero attached hydrogens (tertiary/aromatic N) is 3. The summed E-state index contributed by atoms with van der Waals surface area (Å²) in [5.41, 5.74) is -0.821. The number of hydrogen-bond donors (Lipinski definition) is 1. The van der Waals surface area contributed by atoms with Crippen LogP contribution in [0.1, 0.15) is 52.4 Å². The van der Waals surface area contributed by atoms with Crippen LogP contribution < -0.4 is 5.32 Å². The Morgan fingerprint density at radius 1 is 1.19 bits per heavy atom. The van der Waals surface area contributed by atoms with Crippen LogP contribution in [0.5, 0.6) is 0 Å². The predicted molar refractivity (Wildman–Crippen MR) is 124 cm³/mol. The minimum atomic E-state index is -0.821. The lowest BCUT2D eigenvalue weighted by atomic mass is 9.73. The molecule has 2 aliphatic heterocycles. The molecule has 0 spiro atoms. The van der Waals surface area contributed by atoms with Crippen LogP contribution in [0.3, 0.4) is 0 Å². The maximum Gasteiger partial charge on any atom is 0.325 e. The summed E-state index contributed by atoms with van der Waals surface area (Å²) in [4.78, 5) is 45.0. The molecule has 4 amide bonds. The van der Waals surface area contributed by atoms with Crippen LogP contribution in [0.4, 0.5) is 4.79 Å². The highest BCUT2D eigenvalue weighted by Gasteiger charge is 2.55. The SMILES string of the molecule is CC(C)CCC1(C2CCN(C(=O)[C@@H]3C[C@@H]4C=C[C@H]3C4)CC2)NC(=O)N(CCN(C)C)C1=O. The summed E-state index contributed by atoms with van der Waals surface area (Å²) in [6.45, 7) is 6.75. The number of hydrogen-bond acceptors (Lipinski definition) is 4. The third-order valence-corrected chi connectivity index (χ3v) is 8.19. The molecule has 0 aromatic rings. The van der Waals surface area contributed by atoms with E-state index in [9.17, 15) is 14.4 Å². The van der Waals surface area contributed by atoms with Crippen LogP contribution >= 0.6 is 0 Å². The molecule has 0 radical (unpaired) electrons. The van der Waals surface area contributed by atoms with Gasteiger partial charge in [-0.3, -0.25) is 14.5 Å². The van der Waals surface area contributed by atoms with Gasteiger partial charge in [-0.05, 0) is 76.3 Å². The third kappa shape index (κ3) is 4.33. The minimum Gasteiger partial charge on any atom is -0.342 e. The Kier molecular flexibility index (Phi) is 6.66. The van der Waals surface area contributed by atoms with E-state index in [4.69, 9.17) is 0 Å². The number of piperidine rings is 1. The van der Waals surface area contributed by atoms with E-state index in [1.165, 1.54) is 4.90 Å². The standard InChI is InChI=1S/C25H40N4O3/c1-17(2)7-10-25(23(31)29(24(32)26-25)14-13-27(3)4)20-8-11-28(12-9-20)22(30)21-16-18-5-6-19(21)15-18/h5-6,17-21H,7-16H2,1-4H3,(H,26,32)/t18-,19+,21-,25?/m1/s1. The Labute approximate surface area is 192 Å². The van der Waals surface area contributed by atoms with Crippen LogP contribution in [0, 0.1) is 29.6 Å². The third-order valence-electron chi connectivity index (χ3n) is 8.19. The molecule has 1 N–H and O–H groups in total. The predicted octanol–water partition coefficient (Wildman–Crippen LogP) is 2.73. The molecule has 0 aromatic heterocycles. The Morgan fingerprint density at radius 3 is 2.47 bits per heavy atom. The Balaban J connectivity index is 1.44. The van der Waals surface area contributed by atoms with Gasteiger partial charge in [0.25, 0.3) is 5.91 Å². The van der Waals surface area contributed by atoms with Gasteiger partial charge in [0.2, 0.25) is 5.91 Å². The molecule has 178 valence electrons. The second-order valence-corrected chi connectivity index (χ2v) is 11.1. The van der Waals surface area contributed by atoms with Crippen molar-refractivity contribution in [2.24, 2.45) is 29.6 Å². The molecule has 2 saturated heterocycles. The maximum absolute atomic E-state index is 13.6. The van der Waals surface area contributed by atoms with Crippen molar-refractivity contribution in [1.29, 1.82) is 0 Å². The van der Waals surface area contributed by atoms with Crippen molar-refractivity contribution < 1.29 is 14.4 Å². The van der Waals surface area contributed by atoms with Gasteiger partial charge in [-0.2, -0.15) is 0 Å². The zero-order chi connectivity index (χ0) is 23.0. The van der Waals surface area contributed by atoms with Crippen molar-refractivity contribution in [3.8, 4) is 0 Å². The monoisotopic (exact) mass is 444 g/mol. The molecule has 1 unspecified atom stereocenters. The van der Waals surface area contributed by atoms with Gasteiger partial charge in [0.15, 0.2) is 0 Å². The highest BCUT2D eigenvalue weighted by atomic mass is 16.2. The zero-order valence-corrected chi connectivity index (χ0v) is 20.2. The second-order valence-electron chi connectivity index (χ2n) is 11.1. The molecule has 1 saturated carbocycles. The van der Waals surface area contributed by atoms with E-state index in [2.05, 4.69) is 31.3 Å². The van der Waals surface area contributed by atoms with Crippen molar-refractivity contribution in [3.63, 3.8) is 0 Å². The molecule has 7 nitrogen and oxygen atoms in total. The highest BCUT2D eigenvalue weighted by molar-refractivity contribution is 6.07. The van der Waals surface area contributed by atoms with Gasteiger partial charge in [-0.15, -0.1) is 0 Å². The number of amides is 4. The van der Waals surface area contributed by atoms with Crippen molar-refractivity contribution in [2.75, 3.05) is 40.3 Å². The number of imide groups is 1. The first-order valence-corrected chi connectivity index (χ1v) is 12.5. The number of carbonyl (C=O) groups excluding carboxylic acids is 3. The van der Waals surface area contributed by atoms with E-state index < -0.39 is 5.54 Å². The molecule has 4 atom stereocenters. The summed E-state index contributed by atoms with van der Waals surface area (Å²) in [6.07, 6.45) is 9.74. The lowest BCUT2D eigenvalue weighted by molar-refractivity contribution is -0.139. The van der Waals surface area contributed by atoms with Gasteiger partial charge >= 0.3 is 6.03 Å². The minimum absolute atomic E-state index is 0.0620. The van der Waals surface area contributed by atoms with Crippen molar-refractivity contribution in [3.05, 3.63) is 12.2 Å². The normalized spacial score (nSPS) is 32.6. The molecule has 2 bridgehead atoms. The zero-order valence-electron chi connectivity index (χ0n) is 20.2. The molecule has 7 heteroatoms. The van der Waals surface area contributed by atoms with Crippen LogP contribution in [0.25, 0.3) is 0 Å². The molecule has 0 aromatic carbocycles. The van der Waals surface area contributed by atoms with Gasteiger partial charge in [-0.25, -0.2) is 4.79 Å². The Hall–Kier alpha value is -1.89. The lowest BCUT2D eigenvalue weighted by Crippen LogP contribution is -2.57. The molecule has 2 aliphatic carbocycles. The smallest absolute Gasteiger partial charge is 0.325 e. The number of likely N-dealkylation sites (tertiary alicyclic amines) is 1. The first-order chi connectivity index (χ1) is 15.2. The van der Waals surface area contributed by atoms with E-state index in [-0.39, 0.29) is 23.8 Å². The molecular formula is C25H40N4O3. The number of fused-ring (bicyclic) bond motifs is 2. The van der Waals surface area contributed by atoms with E-state index >= 15 is 0 Å². The van der Waals surface area contributed by atoms with E-state index in [1.54, 1.807) is 0 Å². The quantitative estimate of drug-likeness (QED) is 0.462. The lowest BCUT2D eigenvalue weighted by Gasteiger charge is -2.42. The topological polar surface area (TPSA) is 73.0 Å².